The molecule has 0 aliphatic heterocycles. The molecule has 0 amide bonds. The number of ketones is 1. The normalized spacial score (nSPS) is 12.7. The van der Waals surface area contributed by atoms with Gasteiger partial charge in [0.25, 0.3) is 0 Å². The van der Waals surface area contributed by atoms with E-state index in [0.29, 0.717) is 12.1 Å². The second kappa shape index (κ2) is 5.66. The maximum Gasteiger partial charge on any atom is 0.209 e. The zero-order valence-electron chi connectivity index (χ0n) is 9.56. The molecule has 1 aromatic heterocycles. The van der Waals surface area contributed by atoms with Crippen molar-refractivity contribution in [2.45, 2.75) is 39.3 Å². The van der Waals surface area contributed by atoms with E-state index in [9.17, 15) is 4.79 Å². The Bertz CT molecular complexity index is 316. The molecule has 1 rings (SSSR count). The van der Waals surface area contributed by atoms with Crippen molar-refractivity contribution in [3.05, 3.63) is 18.0 Å². The number of aryl methyl sites for hydroxylation is 1. The van der Waals surface area contributed by atoms with Gasteiger partial charge in [0.2, 0.25) is 5.78 Å². The quantitative estimate of drug-likeness (QED) is 0.673. The Kier molecular flexibility index (Phi) is 4.49. The number of nitrogens with zero attached hydrogens (tertiary/aromatic N) is 2. The molecule has 1 unspecified atom stereocenters. The van der Waals surface area contributed by atoms with Crippen LogP contribution in [0.3, 0.4) is 0 Å². The number of carbonyl (C=O) groups excluding carboxylic acids is 1. The Morgan fingerprint density at radius 1 is 1.60 bits per heavy atom. The van der Waals surface area contributed by atoms with E-state index in [1.807, 2.05) is 6.92 Å². The third kappa shape index (κ3) is 2.65. The lowest BCUT2D eigenvalue weighted by Gasteiger charge is -2.12. The molecule has 4 nitrogen and oxygen atoms in total. The van der Waals surface area contributed by atoms with Crippen molar-refractivity contribution in [3.8, 4) is 0 Å². The molecule has 0 aliphatic carbocycles. The average Bonchev–Trinajstić information content (AvgIpc) is 2.68. The van der Waals surface area contributed by atoms with Crippen LogP contribution in [0.2, 0.25) is 0 Å². The van der Waals surface area contributed by atoms with Crippen LogP contribution in [0.5, 0.6) is 0 Å². The number of hydrogen-bond acceptors (Lipinski definition) is 3. The highest BCUT2D eigenvalue weighted by molar-refractivity contribution is 5.97. The highest BCUT2D eigenvalue weighted by Gasteiger charge is 2.20. The molecule has 0 fully saturated rings. The van der Waals surface area contributed by atoms with E-state index in [-0.39, 0.29) is 11.9 Å². The van der Waals surface area contributed by atoms with Gasteiger partial charge < -0.3 is 4.74 Å². The first-order valence-electron chi connectivity index (χ1n) is 5.33. The largest absolute Gasteiger partial charge is 0.373 e. The van der Waals surface area contributed by atoms with Gasteiger partial charge in [0.1, 0.15) is 11.8 Å². The van der Waals surface area contributed by atoms with E-state index in [1.54, 1.807) is 24.1 Å². The van der Waals surface area contributed by atoms with Crippen LogP contribution < -0.4 is 0 Å². The molecule has 84 valence electrons. The molecular formula is C11H18N2O2. The minimum Gasteiger partial charge on any atom is -0.373 e. The van der Waals surface area contributed by atoms with E-state index in [1.165, 1.54) is 0 Å². The summed E-state index contributed by atoms with van der Waals surface area (Å²) in [4.78, 5) is 12.0. The Balaban J connectivity index is 2.84. The first-order chi connectivity index (χ1) is 7.24. The van der Waals surface area contributed by atoms with Crippen molar-refractivity contribution in [3.63, 3.8) is 0 Å². The molecule has 0 N–H and O–H groups in total. The molecule has 0 spiro atoms. The summed E-state index contributed by atoms with van der Waals surface area (Å²) in [5.41, 5.74) is 0.644. The van der Waals surface area contributed by atoms with Crippen molar-refractivity contribution < 1.29 is 9.53 Å². The van der Waals surface area contributed by atoms with Gasteiger partial charge in [-0.3, -0.25) is 9.48 Å². The molecular weight excluding hydrogens is 192 g/mol. The number of Topliss-reactive ketones (excluding diaryl/α,β-unsaturated/α-hetero) is 1. The van der Waals surface area contributed by atoms with E-state index in [4.69, 9.17) is 4.74 Å². The predicted octanol–water partition coefficient (Wildman–Crippen LogP) is 1.90. The van der Waals surface area contributed by atoms with Gasteiger partial charge in [0.05, 0.1) is 0 Å². The van der Waals surface area contributed by atoms with Gasteiger partial charge >= 0.3 is 0 Å². The van der Waals surface area contributed by atoms with Gasteiger partial charge in [-0.05, 0) is 18.9 Å². The van der Waals surface area contributed by atoms with E-state index < -0.39 is 0 Å². The fourth-order valence-electron chi connectivity index (χ4n) is 1.56. The number of carbonyl (C=O) groups is 1. The zero-order valence-corrected chi connectivity index (χ0v) is 9.56. The molecule has 15 heavy (non-hydrogen) atoms. The molecule has 4 heteroatoms. The maximum atomic E-state index is 12.0. The summed E-state index contributed by atoms with van der Waals surface area (Å²) in [7, 11) is 1.56. The number of aromatic nitrogens is 2. The molecule has 0 radical (unpaired) electrons. The van der Waals surface area contributed by atoms with Crippen LogP contribution in [-0.4, -0.2) is 28.8 Å². The smallest absolute Gasteiger partial charge is 0.209 e. The topological polar surface area (TPSA) is 44.1 Å². The fraction of sp³-hybridized carbons (Fsp3) is 0.636. The summed E-state index contributed by atoms with van der Waals surface area (Å²) in [5.74, 6) is 0.0194. The molecule has 0 aliphatic rings. The van der Waals surface area contributed by atoms with Gasteiger partial charge in [-0.15, -0.1) is 0 Å². The van der Waals surface area contributed by atoms with Gasteiger partial charge in [-0.25, -0.2) is 0 Å². The second-order valence-corrected chi connectivity index (χ2v) is 3.44. The van der Waals surface area contributed by atoms with Crippen LogP contribution in [0.25, 0.3) is 0 Å². The lowest BCUT2D eigenvalue weighted by atomic mass is 10.1. The van der Waals surface area contributed by atoms with Gasteiger partial charge in [0, 0.05) is 19.9 Å². The summed E-state index contributed by atoms with van der Waals surface area (Å²) in [6.07, 6.45) is 2.96. The molecule has 1 heterocycles. The maximum absolute atomic E-state index is 12.0. The fourth-order valence-corrected chi connectivity index (χ4v) is 1.56. The number of methoxy groups -OCH3 is 1. The van der Waals surface area contributed by atoms with Crippen molar-refractivity contribution >= 4 is 5.78 Å². The van der Waals surface area contributed by atoms with Crippen molar-refractivity contribution in [1.29, 1.82) is 0 Å². The summed E-state index contributed by atoms with van der Waals surface area (Å²) in [5, 5.41) is 4.12. The van der Waals surface area contributed by atoms with Gasteiger partial charge in [0.15, 0.2) is 0 Å². The Morgan fingerprint density at radius 3 is 2.87 bits per heavy atom. The first-order valence-corrected chi connectivity index (χ1v) is 5.33. The van der Waals surface area contributed by atoms with Crippen molar-refractivity contribution in [2.75, 3.05) is 7.11 Å². The molecule has 0 aromatic carbocycles. The minimum atomic E-state index is -0.350. The van der Waals surface area contributed by atoms with Gasteiger partial charge in [-0.1, -0.05) is 13.8 Å². The summed E-state index contributed by atoms with van der Waals surface area (Å²) >= 11 is 0. The Hall–Kier alpha value is -1.16. The molecule has 0 saturated carbocycles. The lowest BCUT2D eigenvalue weighted by molar-refractivity contribution is 0.0584. The molecule has 1 atom stereocenters. The van der Waals surface area contributed by atoms with E-state index in [2.05, 4.69) is 12.0 Å². The Morgan fingerprint density at radius 2 is 2.33 bits per heavy atom. The summed E-state index contributed by atoms with van der Waals surface area (Å²) in [6.45, 7) is 4.77. The molecule has 0 saturated heterocycles. The molecule has 1 aromatic rings. The van der Waals surface area contributed by atoms with Crippen LogP contribution in [0.15, 0.2) is 12.3 Å². The standard InChI is InChI=1S/C11H18N2O2/c1-4-8-13-9(6-7-12-13)11(14)10(5-2)15-3/h6-7,10H,4-5,8H2,1-3H3. The third-order valence-electron chi connectivity index (χ3n) is 2.35. The third-order valence-corrected chi connectivity index (χ3v) is 2.35. The molecule has 0 bridgehead atoms. The van der Waals surface area contributed by atoms with Crippen molar-refractivity contribution in [2.24, 2.45) is 0 Å². The second-order valence-electron chi connectivity index (χ2n) is 3.44. The highest BCUT2D eigenvalue weighted by atomic mass is 16.5. The van der Waals surface area contributed by atoms with Crippen LogP contribution in [0, 0.1) is 0 Å². The van der Waals surface area contributed by atoms with Crippen LogP contribution in [-0.2, 0) is 11.3 Å². The van der Waals surface area contributed by atoms with Crippen LogP contribution in [0.1, 0.15) is 37.2 Å². The average molecular weight is 210 g/mol. The minimum absolute atomic E-state index is 0.0194. The SMILES string of the molecule is CCCn1nccc1C(=O)C(CC)OC. The van der Waals surface area contributed by atoms with E-state index >= 15 is 0 Å². The monoisotopic (exact) mass is 210 g/mol. The summed E-state index contributed by atoms with van der Waals surface area (Å²) in [6, 6.07) is 1.75. The number of hydrogen-bond donors (Lipinski definition) is 0. The number of rotatable bonds is 6. The van der Waals surface area contributed by atoms with Crippen molar-refractivity contribution in [1.82, 2.24) is 9.78 Å². The Labute approximate surface area is 90.2 Å². The van der Waals surface area contributed by atoms with Gasteiger partial charge in [-0.2, -0.15) is 5.10 Å². The lowest BCUT2D eigenvalue weighted by Crippen LogP contribution is -2.25. The predicted molar refractivity (Wildman–Crippen MR) is 57.9 cm³/mol. The summed E-state index contributed by atoms with van der Waals surface area (Å²) < 4.78 is 6.87. The van der Waals surface area contributed by atoms with Crippen LogP contribution in [0.4, 0.5) is 0 Å². The highest BCUT2D eigenvalue weighted by Crippen LogP contribution is 2.09. The zero-order chi connectivity index (χ0) is 11.3. The first kappa shape index (κ1) is 11.9. The van der Waals surface area contributed by atoms with Crippen LogP contribution >= 0.6 is 0 Å². The number of ether oxygens (including phenoxy) is 1. The van der Waals surface area contributed by atoms with E-state index in [0.717, 1.165) is 13.0 Å².